The number of piperazine rings is 1. The predicted octanol–water partition coefficient (Wildman–Crippen LogP) is 2.42. The highest BCUT2D eigenvalue weighted by Crippen LogP contribution is 2.21. The Morgan fingerprint density at radius 3 is 2.96 bits per heavy atom. The summed E-state index contributed by atoms with van der Waals surface area (Å²) in [4.78, 5) is 23.8. The summed E-state index contributed by atoms with van der Waals surface area (Å²) in [5, 5.41) is 3.57. The van der Waals surface area contributed by atoms with Gasteiger partial charge in [-0.25, -0.2) is 9.97 Å². The minimum Gasteiger partial charge on any atom is -0.383 e. The number of carbonyl (C=O) groups is 1. The number of carbonyl (C=O) groups excluding carboxylic acids is 1. The van der Waals surface area contributed by atoms with Crippen molar-refractivity contribution in [2.75, 3.05) is 30.3 Å². The molecule has 0 amide bonds. The Kier molecular flexibility index (Phi) is 5.52. The van der Waals surface area contributed by atoms with Crippen LogP contribution in [-0.4, -0.2) is 41.4 Å². The molecule has 0 bridgehead atoms. The molecule has 0 radical (unpaired) electrons. The molecule has 6 nitrogen and oxygen atoms in total. The number of anilines is 2. The van der Waals surface area contributed by atoms with Gasteiger partial charge in [0.05, 0.1) is 5.56 Å². The van der Waals surface area contributed by atoms with Crippen molar-refractivity contribution in [2.45, 2.75) is 33.2 Å². The molecular weight excluding hydrogens is 326 g/mol. The van der Waals surface area contributed by atoms with Crippen LogP contribution >= 0.6 is 0 Å². The summed E-state index contributed by atoms with van der Waals surface area (Å²) in [7, 11) is 0. The average molecular weight is 353 g/mol. The summed E-state index contributed by atoms with van der Waals surface area (Å²) in [5.41, 5.74) is 7.69. The Labute approximate surface area is 154 Å². The Balaban J connectivity index is 1.86. The second-order valence-electron chi connectivity index (χ2n) is 7.38. The highest BCUT2D eigenvalue weighted by Gasteiger charge is 2.23. The van der Waals surface area contributed by atoms with E-state index in [0.29, 0.717) is 23.2 Å². The first kappa shape index (κ1) is 18.3. The van der Waals surface area contributed by atoms with Crippen molar-refractivity contribution < 1.29 is 4.79 Å². The molecule has 0 saturated carbocycles. The average Bonchev–Trinajstić information content (AvgIpc) is 2.61. The number of aryl methyl sites for hydroxylation is 1. The van der Waals surface area contributed by atoms with E-state index >= 15 is 0 Å². The molecule has 2 aromatic rings. The van der Waals surface area contributed by atoms with Crippen LogP contribution in [0.25, 0.3) is 0 Å². The molecule has 0 aliphatic carbocycles. The monoisotopic (exact) mass is 353 g/mol. The maximum absolute atomic E-state index is 12.9. The van der Waals surface area contributed by atoms with Crippen LogP contribution in [0.1, 0.15) is 41.9 Å². The fraction of sp³-hybridized carbons (Fsp3) is 0.450. The van der Waals surface area contributed by atoms with Gasteiger partial charge in [0.1, 0.15) is 17.3 Å². The van der Waals surface area contributed by atoms with Crippen LogP contribution in [0.2, 0.25) is 0 Å². The normalized spacial score (nSPS) is 17.5. The Bertz CT molecular complexity index is 790. The molecular formula is C20H27N5O. The zero-order valence-corrected chi connectivity index (χ0v) is 15.7. The number of hydrogen-bond acceptors (Lipinski definition) is 6. The molecule has 3 rings (SSSR count). The number of hydrogen-bond donors (Lipinski definition) is 2. The van der Waals surface area contributed by atoms with Gasteiger partial charge >= 0.3 is 0 Å². The first-order chi connectivity index (χ1) is 12.4. The summed E-state index contributed by atoms with van der Waals surface area (Å²) in [5.74, 6) is 1.55. The molecule has 1 fully saturated rings. The lowest BCUT2D eigenvalue weighted by molar-refractivity contribution is 0.103. The number of pyridine rings is 2. The van der Waals surface area contributed by atoms with Gasteiger partial charge in [-0.2, -0.15) is 0 Å². The lowest BCUT2D eigenvalue weighted by Crippen LogP contribution is -2.51. The van der Waals surface area contributed by atoms with Crippen LogP contribution in [-0.2, 0) is 0 Å². The molecule has 1 atom stereocenters. The second-order valence-corrected chi connectivity index (χ2v) is 7.38. The molecule has 26 heavy (non-hydrogen) atoms. The van der Waals surface area contributed by atoms with Crippen LogP contribution in [0.3, 0.4) is 0 Å². The van der Waals surface area contributed by atoms with Crippen molar-refractivity contribution in [3.63, 3.8) is 0 Å². The zero-order chi connectivity index (χ0) is 18.7. The van der Waals surface area contributed by atoms with Crippen molar-refractivity contribution in [1.82, 2.24) is 15.3 Å². The third-order valence-electron chi connectivity index (χ3n) is 4.61. The molecule has 0 unspecified atom stereocenters. The lowest BCUT2D eigenvalue weighted by atomic mass is 10.0. The standard InChI is InChI=1S/C20H27N5O/c1-13(2)9-15-12-25(8-7-22-15)18-11-14(3)10-17(24-18)19(26)16-5-4-6-23-20(16)21/h4-6,10-11,13,15,22H,7-9,12H2,1-3H3,(H2,21,23)/t15-/m1/s1. The third kappa shape index (κ3) is 4.19. The first-order valence-corrected chi connectivity index (χ1v) is 9.16. The first-order valence-electron chi connectivity index (χ1n) is 9.16. The smallest absolute Gasteiger partial charge is 0.215 e. The summed E-state index contributed by atoms with van der Waals surface area (Å²) < 4.78 is 0. The van der Waals surface area contributed by atoms with Crippen LogP contribution in [0, 0.1) is 12.8 Å². The van der Waals surface area contributed by atoms with Gasteiger partial charge in [-0.15, -0.1) is 0 Å². The van der Waals surface area contributed by atoms with Crippen molar-refractivity contribution in [3.8, 4) is 0 Å². The number of aromatic nitrogens is 2. The highest BCUT2D eigenvalue weighted by atomic mass is 16.1. The Hall–Kier alpha value is -2.47. The van der Waals surface area contributed by atoms with Gasteiger partial charge in [0, 0.05) is 31.9 Å². The van der Waals surface area contributed by atoms with Crippen molar-refractivity contribution in [3.05, 3.63) is 47.3 Å². The van der Waals surface area contributed by atoms with E-state index < -0.39 is 0 Å². The second kappa shape index (κ2) is 7.83. The maximum Gasteiger partial charge on any atom is 0.215 e. The number of nitrogen functional groups attached to an aromatic ring is 1. The van der Waals surface area contributed by atoms with Crippen LogP contribution < -0.4 is 16.0 Å². The van der Waals surface area contributed by atoms with Gasteiger partial charge in [-0.05, 0) is 49.1 Å². The zero-order valence-electron chi connectivity index (χ0n) is 15.7. The summed E-state index contributed by atoms with van der Waals surface area (Å²) in [6.45, 7) is 9.17. The third-order valence-corrected chi connectivity index (χ3v) is 4.61. The molecule has 6 heteroatoms. The van der Waals surface area contributed by atoms with Crippen molar-refractivity contribution in [1.29, 1.82) is 0 Å². The van der Waals surface area contributed by atoms with Gasteiger partial charge in [0.2, 0.25) is 5.78 Å². The van der Waals surface area contributed by atoms with E-state index in [1.165, 1.54) is 0 Å². The molecule has 0 aromatic carbocycles. The van der Waals surface area contributed by atoms with E-state index in [1.807, 2.05) is 19.1 Å². The SMILES string of the molecule is Cc1cc(C(=O)c2cccnc2N)nc(N2CCN[C@H](CC(C)C)C2)c1. The number of rotatable bonds is 5. The molecule has 3 heterocycles. The Morgan fingerprint density at radius 2 is 2.23 bits per heavy atom. The van der Waals surface area contributed by atoms with E-state index in [1.54, 1.807) is 18.3 Å². The molecule has 3 N–H and O–H groups in total. The van der Waals surface area contributed by atoms with Gasteiger partial charge in [-0.1, -0.05) is 13.8 Å². The molecule has 0 spiro atoms. The van der Waals surface area contributed by atoms with E-state index in [2.05, 4.69) is 34.0 Å². The van der Waals surface area contributed by atoms with Crippen molar-refractivity contribution in [2.24, 2.45) is 5.92 Å². The van der Waals surface area contributed by atoms with E-state index in [-0.39, 0.29) is 11.6 Å². The molecule has 138 valence electrons. The summed E-state index contributed by atoms with van der Waals surface area (Å²) in [6.07, 6.45) is 2.71. The largest absolute Gasteiger partial charge is 0.383 e. The van der Waals surface area contributed by atoms with Crippen LogP contribution in [0.5, 0.6) is 0 Å². The molecule has 1 saturated heterocycles. The quantitative estimate of drug-likeness (QED) is 0.803. The van der Waals surface area contributed by atoms with Gasteiger partial charge in [-0.3, -0.25) is 4.79 Å². The van der Waals surface area contributed by atoms with Crippen LogP contribution in [0.15, 0.2) is 30.5 Å². The fourth-order valence-corrected chi connectivity index (χ4v) is 3.44. The van der Waals surface area contributed by atoms with Crippen LogP contribution in [0.4, 0.5) is 11.6 Å². The maximum atomic E-state index is 12.9. The van der Waals surface area contributed by atoms with E-state index in [0.717, 1.165) is 37.4 Å². The summed E-state index contributed by atoms with van der Waals surface area (Å²) >= 11 is 0. The fourth-order valence-electron chi connectivity index (χ4n) is 3.44. The number of nitrogens with one attached hydrogen (secondary N) is 1. The number of nitrogens with two attached hydrogens (primary N) is 1. The molecule has 1 aliphatic heterocycles. The van der Waals surface area contributed by atoms with Gasteiger partial charge < -0.3 is 16.0 Å². The number of nitrogens with zero attached hydrogens (tertiary/aromatic N) is 3. The van der Waals surface area contributed by atoms with E-state index in [4.69, 9.17) is 5.73 Å². The molecule has 1 aliphatic rings. The topological polar surface area (TPSA) is 84.1 Å². The Morgan fingerprint density at radius 1 is 1.42 bits per heavy atom. The number of ketones is 1. The minimum absolute atomic E-state index is 0.186. The van der Waals surface area contributed by atoms with Gasteiger partial charge in [0.15, 0.2) is 0 Å². The lowest BCUT2D eigenvalue weighted by Gasteiger charge is -2.35. The predicted molar refractivity (Wildman–Crippen MR) is 105 cm³/mol. The van der Waals surface area contributed by atoms with E-state index in [9.17, 15) is 4.79 Å². The van der Waals surface area contributed by atoms with Gasteiger partial charge in [0.25, 0.3) is 0 Å². The molecule has 2 aromatic heterocycles. The minimum atomic E-state index is -0.186. The highest BCUT2D eigenvalue weighted by molar-refractivity contribution is 6.10. The summed E-state index contributed by atoms with van der Waals surface area (Å²) in [6, 6.07) is 7.71. The van der Waals surface area contributed by atoms with Crippen molar-refractivity contribution >= 4 is 17.4 Å².